The minimum Gasteiger partial charge on any atom is -0.477 e. The molecule has 4 rings (SSSR count). The van der Waals surface area contributed by atoms with Crippen LogP contribution >= 0.6 is 11.8 Å². The molecule has 2 unspecified atom stereocenters. The van der Waals surface area contributed by atoms with E-state index in [2.05, 4.69) is 21.7 Å². The molecule has 2 amide bonds. The molecule has 2 aromatic rings. The number of anilines is 1. The van der Waals surface area contributed by atoms with Crippen molar-refractivity contribution >= 4 is 28.6 Å². The summed E-state index contributed by atoms with van der Waals surface area (Å²) in [6.45, 7) is 0.474. The summed E-state index contributed by atoms with van der Waals surface area (Å²) in [6, 6.07) is 12.5. The first-order chi connectivity index (χ1) is 16.6. The lowest BCUT2D eigenvalue weighted by Gasteiger charge is -2.23. The minimum absolute atomic E-state index is 0.0793. The second-order valence-electron chi connectivity index (χ2n) is 7.83. The standard InChI is InChI=1S/C25H27N3O5S/c1-31-21-10-9-16(13-22(21)32-2)11-12-33-23-8-4-7-19(27-23)17-5-3-6-18(14-17)26-24(29)20-15-34-25(30)28-20/h3-10,13-14,20-22H,11-12,15H2,1-2H3,(H,26,29)(H,28,30)/t20-,21?,22?/m0/s1. The molecule has 1 aromatic carbocycles. The van der Waals surface area contributed by atoms with Crippen molar-refractivity contribution in [2.75, 3.05) is 31.9 Å². The van der Waals surface area contributed by atoms with Crippen LogP contribution in [0, 0.1) is 0 Å². The summed E-state index contributed by atoms with van der Waals surface area (Å²) in [7, 11) is 3.33. The first kappa shape index (κ1) is 24.0. The molecule has 2 N–H and O–H groups in total. The Morgan fingerprint density at radius 3 is 2.76 bits per heavy atom. The Hall–Kier alpha value is -3.14. The molecule has 9 heteroatoms. The maximum atomic E-state index is 12.4. The van der Waals surface area contributed by atoms with E-state index < -0.39 is 6.04 Å². The highest BCUT2D eigenvalue weighted by atomic mass is 32.2. The average Bonchev–Trinajstić information content (AvgIpc) is 3.31. The van der Waals surface area contributed by atoms with Crippen molar-refractivity contribution in [1.29, 1.82) is 0 Å². The Morgan fingerprint density at radius 2 is 2.00 bits per heavy atom. The van der Waals surface area contributed by atoms with E-state index in [1.165, 1.54) is 0 Å². The molecule has 1 aliphatic heterocycles. The third-order valence-corrected chi connectivity index (χ3v) is 6.41. The molecule has 8 nitrogen and oxygen atoms in total. The largest absolute Gasteiger partial charge is 0.477 e. The van der Waals surface area contributed by atoms with Gasteiger partial charge in [-0.05, 0) is 29.8 Å². The number of pyridine rings is 1. The van der Waals surface area contributed by atoms with Crippen LogP contribution in [0.15, 0.2) is 66.3 Å². The lowest BCUT2D eigenvalue weighted by molar-refractivity contribution is -0.117. The van der Waals surface area contributed by atoms with Gasteiger partial charge in [0.2, 0.25) is 11.8 Å². The van der Waals surface area contributed by atoms with Crippen molar-refractivity contribution in [2.45, 2.75) is 24.7 Å². The number of thioether (sulfide) groups is 1. The van der Waals surface area contributed by atoms with Gasteiger partial charge < -0.3 is 24.8 Å². The van der Waals surface area contributed by atoms with Gasteiger partial charge >= 0.3 is 0 Å². The number of hydrogen-bond acceptors (Lipinski definition) is 7. The first-order valence-electron chi connectivity index (χ1n) is 10.9. The van der Waals surface area contributed by atoms with Gasteiger partial charge in [-0.1, -0.05) is 42.1 Å². The third kappa shape index (κ3) is 6.05. The molecule has 1 aliphatic carbocycles. The molecule has 0 spiro atoms. The molecule has 1 saturated heterocycles. The number of hydrogen-bond donors (Lipinski definition) is 2. The van der Waals surface area contributed by atoms with E-state index in [0.29, 0.717) is 23.9 Å². The van der Waals surface area contributed by atoms with Crippen molar-refractivity contribution in [1.82, 2.24) is 10.3 Å². The molecule has 2 aliphatic rings. The van der Waals surface area contributed by atoms with E-state index >= 15 is 0 Å². The molecule has 1 fully saturated rings. The number of carbonyl (C=O) groups is 2. The molecular formula is C25H27N3O5S. The number of amides is 2. The van der Waals surface area contributed by atoms with Crippen LogP contribution in [-0.4, -0.2) is 61.0 Å². The van der Waals surface area contributed by atoms with Crippen molar-refractivity contribution < 1.29 is 23.8 Å². The number of nitrogens with zero attached hydrogens (tertiary/aromatic N) is 1. The fraction of sp³-hybridized carbons (Fsp3) is 0.320. The summed E-state index contributed by atoms with van der Waals surface area (Å²) in [5, 5.41) is 5.32. The lowest BCUT2D eigenvalue weighted by atomic mass is 10.0. The molecule has 1 aromatic heterocycles. The van der Waals surface area contributed by atoms with Crippen LogP contribution in [0.1, 0.15) is 6.42 Å². The Morgan fingerprint density at radius 1 is 1.18 bits per heavy atom. The summed E-state index contributed by atoms with van der Waals surface area (Å²) in [5.74, 6) is 0.715. The molecule has 0 radical (unpaired) electrons. The number of carbonyl (C=O) groups excluding carboxylic acids is 2. The Bertz CT molecular complexity index is 1100. The van der Waals surface area contributed by atoms with Gasteiger partial charge in [0.25, 0.3) is 5.24 Å². The predicted molar refractivity (Wildman–Crippen MR) is 132 cm³/mol. The highest BCUT2D eigenvalue weighted by Crippen LogP contribution is 2.24. The Labute approximate surface area is 202 Å². The van der Waals surface area contributed by atoms with Gasteiger partial charge in [-0.25, -0.2) is 4.98 Å². The molecule has 178 valence electrons. The van der Waals surface area contributed by atoms with Crippen LogP contribution in [0.3, 0.4) is 0 Å². The SMILES string of the molecule is COC1C=CC(CCOc2cccc(-c3cccc(NC(=O)[C@@H]4CSC(=O)N4)c3)n2)=CC1OC. The van der Waals surface area contributed by atoms with E-state index in [-0.39, 0.29) is 23.4 Å². The van der Waals surface area contributed by atoms with E-state index in [9.17, 15) is 9.59 Å². The maximum absolute atomic E-state index is 12.4. The van der Waals surface area contributed by atoms with Crippen molar-refractivity contribution in [3.05, 3.63) is 66.3 Å². The fourth-order valence-corrected chi connectivity index (χ4v) is 4.49. The summed E-state index contributed by atoms with van der Waals surface area (Å²) >= 11 is 1.11. The number of nitrogens with one attached hydrogen (secondary N) is 2. The number of aromatic nitrogens is 1. The predicted octanol–water partition coefficient (Wildman–Crippen LogP) is 3.81. The van der Waals surface area contributed by atoms with Gasteiger partial charge in [0.1, 0.15) is 18.2 Å². The van der Waals surface area contributed by atoms with Crippen molar-refractivity contribution in [2.24, 2.45) is 0 Å². The van der Waals surface area contributed by atoms with E-state index in [1.807, 2.05) is 48.6 Å². The summed E-state index contributed by atoms with van der Waals surface area (Å²) in [5.41, 5.74) is 3.34. The summed E-state index contributed by atoms with van der Waals surface area (Å²) in [6.07, 6.45) is 6.61. The average molecular weight is 482 g/mol. The van der Waals surface area contributed by atoms with Crippen LogP contribution in [0.4, 0.5) is 10.5 Å². The minimum atomic E-state index is -0.523. The second kappa shape index (κ2) is 11.3. The molecule has 2 heterocycles. The molecule has 0 saturated carbocycles. The normalized spacial score (nSPS) is 21.6. The number of ether oxygens (including phenoxy) is 3. The summed E-state index contributed by atoms with van der Waals surface area (Å²) < 4.78 is 16.8. The highest BCUT2D eigenvalue weighted by molar-refractivity contribution is 8.14. The van der Waals surface area contributed by atoms with E-state index in [0.717, 1.165) is 35.0 Å². The Kier molecular flexibility index (Phi) is 7.99. The number of allylic oxidation sites excluding steroid dienone is 1. The van der Waals surface area contributed by atoms with Crippen LogP contribution in [0.2, 0.25) is 0 Å². The lowest BCUT2D eigenvalue weighted by Crippen LogP contribution is -2.38. The second-order valence-corrected chi connectivity index (χ2v) is 8.82. The van der Waals surface area contributed by atoms with Gasteiger partial charge in [0.05, 0.1) is 12.3 Å². The number of methoxy groups -OCH3 is 2. The third-order valence-electron chi connectivity index (χ3n) is 5.53. The van der Waals surface area contributed by atoms with E-state index in [1.54, 1.807) is 20.3 Å². The molecule has 34 heavy (non-hydrogen) atoms. The quantitative estimate of drug-likeness (QED) is 0.562. The molecule has 0 bridgehead atoms. The first-order valence-corrected chi connectivity index (χ1v) is 11.9. The zero-order chi connectivity index (χ0) is 23.9. The molecular weight excluding hydrogens is 454 g/mol. The highest BCUT2D eigenvalue weighted by Gasteiger charge is 2.28. The van der Waals surface area contributed by atoms with Crippen molar-refractivity contribution in [3.63, 3.8) is 0 Å². The van der Waals surface area contributed by atoms with E-state index in [4.69, 9.17) is 14.2 Å². The van der Waals surface area contributed by atoms with Gasteiger partial charge in [-0.3, -0.25) is 9.59 Å². The molecule has 3 atom stereocenters. The van der Waals surface area contributed by atoms with Gasteiger partial charge in [-0.2, -0.15) is 0 Å². The van der Waals surface area contributed by atoms with Crippen LogP contribution in [0.5, 0.6) is 5.88 Å². The monoisotopic (exact) mass is 481 g/mol. The number of rotatable bonds is 9. The zero-order valence-electron chi connectivity index (χ0n) is 19.0. The van der Waals surface area contributed by atoms with Crippen LogP contribution in [-0.2, 0) is 14.3 Å². The van der Waals surface area contributed by atoms with Gasteiger partial charge in [-0.15, -0.1) is 0 Å². The smallest absolute Gasteiger partial charge is 0.279 e. The van der Waals surface area contributed by atoms with Crippen LogP contribution < -0.4 is 15.4 Å². The zero-order valence-corrected chi connectivity index (χ0v) is 19.8. The van der Waals surface area contributed by atoms with Gasteiger partial charge in [0, 0.05) is 43.7 Å². The van der Waals surface area contributed by atoms with Crippen LogP contribution in [0.25, 0.3) is 11.3 Å². The maximum Gasteiger partial charge on any atom is 0.279 e. The topological polar surface area (TPSA) is 98.8 Å². The van der Waals surface area contributed by atoms with Gasteiger partial charge in [0.15, 0.2) is 0 Å². The Balaban J connectivity index is 1.36. The number of benzene rings is 1. The fourth-order valence-electron chi connectivity index (χ4n) is 3.71. The van der Waals surface area contributed by atoms with Crippen molar-refractivity contribution in [3.8, 4) is 17.1 Å². The summed E-state index contributed by atoms with van der Waals surface area (Å²) in [4.78, 5) is 28.3.